The normalized spacial score (nSPS) is 24.7. The first-order valence-corrected chi connectivity index (χ1v) is 7.05. The fourth-order valence-electron chi connectivity index (χ4n) is 2.35. The molecule has 0 aromatic heterocycles. The Balaban J connectivity index is 1.95. The fourth-order valence-corrected chi connectivity index (χ4v) is 2.35. The van der Waals surface area contributed by atoms with Crippen LogP contribution in [-0.4, -0.2) is 51.6 Å². The molecule has 0 amide bonds. The second-order valence-electron chi connectivity index (χ2n) is 5.19. The van der Waals surface area contributed by atoms with E-state index in [0.29, 0.717) is 19.8 Å². The van der Waals surface area contributed by atoms with Crippen LogP contribution in [0.25, 0.3) is 0 Å². The molecule has 5 nitrogen and oxygen atoms in total. The van der Waals surface area contributed by atoms with E-state index in [9.17, 15) is 0 Å². The average Bonchev–Trinajstić information content (AvgIpc) is 2.77. The zero-order chi connectivity index (χ0) is 15.1. The number of benzene rings is 1. The van der Waals surface area contributed by atoms with Gasteiger partial charge in [-0.3, -0.25) is 4.99 Å². The minimum absolute atomic E-state index is 0.150. The molecule has 1 aliphatic heterocycles. The molecule has 5 heteroatoms. The van der Waals surface area contributed by atoms with E-state index in [0.717, 1.165) is 5.56 Å². The molecule has 1 aromatic carbocycles. The fraction of sp³-hybridized carbons (Fsp3) is 0.562. The molecule has 1 aliphatic rings. The Morgan fingerprint density at radius 2 is 1.67 bits per heavy atom. The molecule has 0 N–H and O–H groups in total. The summed E-state index contributed by atoms with van der Waals surface area (Å²) >= 11 is 0. The topological polar surface area (TPSA) is 49.3 Å². The largest absolute Gasteiger partial charge is 0.382 e. The molecule has 116 valence electrons. The molecule has 2 atom stereocenters. The molecular formula is C16H23NO4. The molecule has 1 aromatic rings. The molecule has 0 bridgehead atoms. The van der Waals surface area contributed by atoms with E-state index >= 15 is 0 Å². The maximum absolute atomic E-state index is 5.92. The summed E-state index contributed by atoms with van der Waals surface area (Å²) in [5.41, 5.74) is 1.15. The lowest BCUT2D eigenvalue weighted by Crippen LogP contribution is -2.30. The summed E-state index contributed by atoms with van der Waals surface area (Å²) in [6.45, 7) is 3.40. The van der Waals surface area contributed by atoms with Crippen LogP contribution in [0.3, 0.4) is 0 Å². The van der Waals surface area contributed by atoms with Gasteiger partial charge in [-0.25, -0.2) is 0 Å². The van der Waals surface area contributed by atoms with Crippen LogP contribution in [0.4, 0.5) is 0 Å². The average molecular weight is 293 g/mol. The minimum Gasteiger partial charge on any atom is -0.382 e. The van der Waals surface area contributed by atoms with Crippen molar-refractivity contribution in [1.82, 2.24) is 0 Å². The van der Waals surface area contributed by atoms with Crippen LogP contribution < -0.4 is 0 Å². The number of ether oxygens (including phenoxy) is 4. The number of nitrogens with zero attached hydrogens (tertiary/aromatic N) is 1. The quantitative estimate of drug-likeness (QED) is 0.722. The van der Waals surface area contributed by atoms with Crippen molar-refractivity contribution < 1.29 is 18.9 Å². The van der Waals surface area contributed by atoms with E-state index in [1.54, 1.807) is 20.4 Å². The highest BCUT2D eigenvalue weighted by atomic mass is 16.8. The Morgan fingerprint density at radius 3 is 2.19 bits per heavy atom. The van der Waals surface area contributed by atoms with Crippen molar-refractivity contribution in [2.75, 3.05) is 27.4 Å². The molecule has 1 saturated heterocycles. The predicted octanol–water partition coefficient (Wildman–Crippen LogP) is 2.05. The minimum atomic E-state index is -0.832. The SMILES string of the molecule is COC[C@@H]1OC(C)(C=NCc2ccccc2)O[C@H]1COC. The molecule has 0 aliphatic carbocycles. The van der Waals surface area contributed by atoms with E-state index < -0.39 is 5.79 Å². The highest BCUT2D eigenvalue weighted by molar-refractivity contribution is 5.66. The number of hydrogen-bond acceptors (Lipinski definition) is 5. The third kappa shape index (κ3) is 4.61. The number of methoxy groups -OCH3 is 2. The second-order valence-corrected chi connectivity index (χ2v) is 5.19. The lowest BCUT2D eigenvalue weighted by atomic mass is 10.2. The molecule has 0 radical (unpaired) electrons. The summed E-state index contributed by atoms with van der Waals surface area (Å²) in [6.07, 6.45) is 1.42. The van der Waals surface area contributed by atoms with Gasteiger partial charge in [0.15, 0.2) is 0 Å². The lowest BCUT2D eigenvalue weighted by molar-refractivity contribution is -0.109. The maximum atomic E-state index is 5.92. The first kappa shape index (κ1) is 16.1. The van der Waals surface area contributed by atoms with Crippen molar-refractivity contribution >= 4 is 6.21 Å². The molecular weight excluding hydrogens is 270 g/mol. The highest BCUT2D eigenvalue weighted by Crippen LogP contribution is 2.28. The van der Waals surface area contributed by atoms with Gasteiger partial charge in [0, 0.05) is 14.2 Å². The predicted molar refractivity (Wildman–Crippen MR) is 80.5 cm³/mol. The van der Waals surface area contributed by atoms with Crippen molar-refractivity contribution in [3.8, 4) is 0 Å². The van der Waals surface area contributed by atoms with Crippen LogP contribution in [0.15, 0.2) is 35.3 Å². The molecule has 1 heterocycles. The van der Waals surface area contributed by atoms with Crippen LogP contribution in [0, 0.1) is 0 Å². The molecule has 1 fully saturated rings. The van der Waals surface area contributed by atoms with Crippen LogP contribution >= 0.6 is 0 Å². The van der Waals surface area contributed by atoms with E-state index in [1.165, 1.54) is 0 Å². The Hall–Kier alpha value is -1.27. The van der Waals surface area contributed by atoms with Gasteiger partial charge >= 0.3 is 0 Å². The summed E-state index contributed by atoms with van der Waals surface area (Å²) in [7, 11) is 3.29. The number of aliphatic imine (C=N–C) groups is 1. The smallest absolute Gasteiger partial charge is 0.202 e. The molecule has 0 spiro atoms. The van der Waals surface area contributed by atoms with Gasteiger partial charge in [0.25, 0.3) is 0 Å². The van der Waals surface area contributed by atoms with Crippen LogP contribution in [0.5, 0.6) is 0 Å². The van der Waals surface area contributed by atoms with Crippen molar-refractivity contribution in [2.24, 2.45) is 4.99 Å². The summed E-state index contributed by atoms with van der Waals surface area (Å²) in [5, 5.41) is 0. The summed E-state index contributed by atoms with van der Waals surface area (Å²) in [4.78, 5) is 4.43. The summed E-state index contributed by atoms with van der Waals surface area (Å²) < 4.78 is 22.2. The van der Waals surface area contributed by atoms with Crippen molar-refractivity contribution in [2.45, 2.75) is 31.5 Å². The van der Waals surface area contributed by atoms with Gasteiger partial charge in [-0.1, -0.05) is 30.3 Å². The van der Waals surface area contributed by atoms with Gasteiger partial charge in [0.05, 0.1) is 26.0 Å². The van der Waals surface area contributed by atoms with Crippen molar-refractivity contribution in [3.63, 3.8) is 0 Å². The standard InChI is InChI=1S/C16H23NO4/c1-16(12-17-9-13-7-5-4-6-8-13)20-14(10-18-2)15(21-16)11-19-3/h4-8,12,14-15H,9-11H2,1-3H3/t14-,15-/m0/s1. The van der Waals surface area contributed by atoms with Crippen molar-refractivity contribution in [1.29, 1.82) is 0 Å². The monoisotopic (exact) mass is 293 g/mol. The highest BCUT2D eigenvalue weighted by Gasteiger charge is 2.43. The molecule has 2 rings (SSSR count). The van der Waals surface area contributed by atoms with Gasteiger partial charge < -0.3 is 18.9 Å². The zero-order valence-electron chi connectivity index (χ0n) is 12.8. The summed E-state index contributed by atoms with van der Waals surface area (Å²) in [6, 6.07) is 10.1. The molecule has 0 unspecified atom stereocenters. The third-order valence-electron chi connectivity index (χ3n) is 3.29. The zero-order valence-corrected chi connectivity index (χ0v) is 12.8. The number of hydrogen-bond donors (Lipinski definition) is 0. The van der Waals surface area contributed by atoms with Crippen molar-refractivity contribution in [3.05, 3.63) is 35.9 Å². The van der Waals surface area contributed by atoms with Crippen LogP contribution in [0.1, 0.15) is 12.5 Å². The Morgan fingerprint density at radius 1 is 1.10 bits per heavy atom. The first-order chi connectivity index (χ1) is 10.2. The molecule has 21 heavy (non-hydrogen) atoms. The second kappa shape index (κ2) is 7.66. The van der Waals surface area contributed by atoms with E-state index in [1.807, 2.05) is 37.3 Å². The third-order valence-corrected chi connectivity index (χ3v) is 3.29. The lowest BCUT2D eigenvalue weighted by Gasteiger charge is -2.18. The summed E-state index contributed by atoms with van der Waals surface area (Å²) in [5.74, 6) is -0.832. The Kier molecular flexibility index (Phi) is 5.87. The first-order valence-electron chi connectivity index (χ1n) is 7.05. The number of rotatable bonds is 7. The van der Waals surface area contributed by atoms with Crippen LogP contribution in [-0.2, 0) is 25.5 Å². The molecule has 0 saturated carbocycles. The van der Waals surface area contributed by atoms with Crippen LogP contribution in [0.2, 0.25) is 0 Å². The maximum Gasteiger partial charge on any atom is 0.202 e. The van der Waals surface area contributed by atoms with Gasteiger partial charge in [-0.05, 0) is 12.5 Å². The van der Waals surface area contributed by atoms with Gasteiger partial charge in [0.1, 0.15) is 12.2 Å². The van der Waals surface area contributed by atoms with E-state index in [-0.39, 0.29) is 12.2 Å². The Bertz CT molecular complexity index is 435. The van der Waals surface area contributed by atoms with E-state index in [4.69, 9.17) is 18.9 Å². The van der Waals surface area contributed by atoms with Gasteiger partial charge in [0.2, 0.25) is 5.79 Å². The van der Waals surface area contributed by atoms with Gasteiger partial charge in [-0.2, -0.15) is 0 Å². The van der Waals surface area contributed by atoms with E-state index in [2.05, 4.69) is 4.99 Å². The van der Waals surface area contributed by atoms with Gasteiger partial charge in [-0.15, -0.1) is 0 Å². The Labute approximate surface area is 125 Å².